The van der Waals surface area contributed by atoms with Crippen molar-refractivity contribution >= 4 is 34.6 Å². The highest BCUT2D eigenvalue weighted by molar-refractivity contribution is 7.14. The van der Waals surface area contributed by atoms with E-state index in [1.54, 1.807) is 16.7 Å². The zero-order valence-corrected chi connectivity index (χ0v) is 12.4. The van der Waals surface area contributed by atoms with Crippen LogP contribution in [0.15, 0.2) is 23.7 Å². The van der Waals surface area contributed by atoms with Gasteiger partial charge in [-0.2, -0.15) is 0 Å². The van der Waals surface area contributed by atoms with E-state index >= 15 is 0 Å². The number of hydrogen-bond donors (Lipinski definition) is 0. The molecule has 0 saturated heterocycles. The highest BCUT2D eigenvalue weighted by atomic mass is 35.5. The van der Waals surface area contributed by atoms with Crippen LogP contribution >= 0.6 is 22.9 Å². The molecule has 3 heterocycles. The summed E-state index contributed by atoms with van der Waals surface area (Å²) in [6.45, 7) is 3.73. The van der Waals surface area contributed by atoms with Crippen molar-refractivity contribution in [2.24, 2.45) is 0 Å². The van der Waals surface area contributed by atoms with Gasteiger partial charge in [0.2, 0.25) is 0 Å². The number of carboxylic acid groups (broad SMARTS) is 1. The van der Waals surface area contributed by atoms with Gasteiger partial charge in [0.15, 0.2) is 0 Å². The number of carbonyl (C=O) groups is 1. The minimum Gasteiger partial charge on any atom is -0.545 e. The first-order chi connectivity index (χ1) is 9.49. The van der Waals surface area contributed by atoms with Gasteiger partial charge in [-0.15, -0.1) is 11.3 Å². The van der Waals surface area contributed by atoms with Crippen molar-refractivity contribution < 1.29 is 9.90 Å². The molecule has 0 unspecified atom stereocenters. The largest absolute Gasteiger partial charge is 0.545 e. The monoisotopic (exact) mass is 305 g/mol. The van der Waals surface area contributed by atoms with Crippen molar-refractivity contribution in [3.63, 3.8) is 0 Å². The molecule has 0 fully saturated rings. The van der Waals surface area contributed by atoms with Gasteiger partial charge in [-0.1, -0.05) is 11.6 Å². The highest BCUT2D eigenvalue weighted by Crippen LogP contribution is 2.37. The number of hydrogen-bond acceptors (Lipinski definition) is 4. The van der Waals surface area contributed by atoms with Crippen LogP contribution in [0.3, 0.4) is 0 Å². The molecule has 0 aliphatic carbocycles. The Labute approximate surface area is 124 Å². The minimum atomic E-state index is -1.25. The van der Waals surface area contributed by atoms with Gasteiger partial charge < -0.3 is 14.3 Å². The normalized spacial score (nSPS) is 11.2. The molecule has 0 spiro atoms. The zero-order chi connectivity index (χ0) is 14.4. The second kappa shape index (κ2) is 4.61. The van der Waals surface area contributed by atoms with E-state index in [0.717, 1.165) is 11.4 Å². The quantitative estimate of drug-likeness (QED) is 0.731. The number of nitrogens with zero attached hydrogens (tertiary/aromatic N) is 2. The van der Waals surface area contributed by atoms with Crippen molar-refractivity contribution in [2.75, 3.05) is 0 Å². The van der Waals surface area contributed by atoms with E-state index in [-0.39, 0.29) is 5.56 Å². The fraction of sp³-hybridized carbons (Fsp3) is 0.143. The van der Waals surface area contributed by atoms with E-state index in [0.29, 0.717) is 21.1 Å². The summed E-state index contributed by atoms with van der Waals surface area (Å²) in [5.41, 5.74) is 2.70. The third kappa shape index (κ3) is 1.90. The first kappa shape index (κ1) is 13.1. The lowest BCUT2D eigenvalue weighted by atomic mass is 10.1. The van der Waals surface area contributed by atoms with Crippen LogP contribution in [0.4, 0.5) is 0 Å². The Hall–Kier alpha value is -1.85. The molecule has 6 heteroatoms. The lowest BCUT2D eigenvalue weighted by Crippen LogP contribution is -2.23. The average molecular weight is 306 g/mol. The van der Waals surface area contributed by atoms with Crippen molar-refractivity contribution in [1.82, 2.24) is 9.38 Å². The van der Waals surface area contributed by atoms with E-state index < -0.39 is 5.97 Å². The fourth-order valence-corrected chi connectivity index (χ4v) is 3.48. The molecule has 0 bridgehead atoms. The van der Waals surface area contributed by atoms with Gasteiger partial charge in [-0.3, -0.25) is 0 Å². The van der Waals surface area contributed by atoms with Crippen LogP contribution in [-0.4, -0.2) is 15.4 Å². The Balaban J connectivity index is 2.44. The molecule has 0 amide bonds. The van der Waals surface area contributed by atoms with E-state index in [2.05, 4.69) is 4.98 Å². The molecular formula is C14H10ClN2O2S-. The first-order valence-electron chi connectivity index (χ1n) is 5.93. The first-order valence-corrected chi connectivity index (χ1v) is 7.19. The molecule has 102 valence electrons. The number of fused-ring (bicyclic) bond motifs is 1. The number of thiophene rings is 1. The Morgan fingerprint density at radius 2 is 2.20 bits per heavy atom. The van der Waals surface area contributed by atoms with Gasteiger partial charge in [0.05, 0.1) is 21.4 Å². The molecule has 0 aromatic carbocycles. The van der Waals surface area contributed by atoms with Gasteiger partial charge in [-0.05, 0) is 31.4 Å². The van der Waals surface area contributed by atoms with Crippen molar-refractivity contribution in [1.29, 1.82) is 0 Å². The second-order valence-electron chi connectivity index (χ2n) is 4.54. The third-order valence-corrected chi connectivity index (χ3v) is 4.50. The number of aromatic carboxylic acids is 1. The number of carboxylic acids is 1. The Kier molecular flexibility index (Phi) is 3.03. The van der Waals surface area contributed by atoms with Crippen LogP contribution in [0, 0.1) is 13.8 Å². The second-order valence-corrected chi connectivity index (χ2v) is 5.86. The topological polar surface area (TPSA) is 57.4 Å². The molecule has 0 aliphatic rings. The average Bonchev–Trinajstić information content (AvgIpc) is 2.92. The summed E-state index contributed by atoms with van der Waals surface area (Å²) in [4.78, 5) is 16.6. The summed E-state index contributed by atoms with van der Waals surface area (Å²) < 4.78 is 1.75. The minimum absolute atomic E-state index is 0.0844. The SMILES string of the molecule is Cc1cc(C)n2cc(-c3sccc3Cl)c(C(=O)[O-])c2n1. The zero-order valence-electron chi connectivity index (χ0n) is 10.8. The van der Waals surface area contributed by atoms with E-state index in [1.807, 2.05) is 25.3 Å². The maximum Gasteiger partial charge on any atom is 0.146 e. The van der Waals surface area contributed by atoms with E-state index in [1.165, 1.54) is 11.3 Å². The lowest BCUT2D eigenvalue weighted by Gasteiger charge is -2.05. The Bertz CT molecular complexity index is 835. The molecule has 0 radical (unpaired) electrons. The fourth-order valence-electron chi connectivity index (χ4n) is 2.30. The molecule has 0 aliphatic heterocycles. The van der Waals surface area contributed by atoms with Crippen molar-refractivity contribution in [3.8, 4) is 10.4 Å². The molecule has 3 rings (SSSR count). The van der Waals surface area contributed by atoms with Gasteiger partial charge >= 0.3 is 0 Å². The standard InChI is InChI=1S/C14H11ClN2O2S/c1-7-5-8(2)17-6-9(12-10(15)3-4-20-12)11(14(18)19)13(17)16-7/h3-6H,1-2H3,(H,18,19)/p-1. The summed E-state index contributed by atoms with van der Waals surface area (Å²) in [6.07, 6.45) is 1.75. The number of halogens is 1. The summed E-state index contributed by atoms with van der Waals surface area (Å²) in [7, 11) is 0. The molecule has 0 N–H and O–H groups in total. The lowest BCUT2D eigenvalue weighted by molar-refractivity contribution is -0.254. The summed E-state index contributed by atoms with van der Waals surface area (Å²) in [5, 5.41) is 13.9. The van der Waals surface area contributed by atoms with Crippen LogP contribution in [0.1, 0.15) is 21.7 Å². The van der Waals surface area contributed by atoms with Gasteiger partial charge in [0.1, 0.15) is 5.65 Å². The molecule has 0 atom stereocenters. The maximum absolute atomic E-state index is 11.5. The maximum atomic E-state index is 11.5. The molecule has 3 aromatic heterocycles. The predicted octanol–water partition coefficient (Wildman–Crippen LogP) is 2.70. The molecule has 0 saturated carbocycles. The van der Waals surface area contributed by atoms with Crippen LogP contribution < -0.4 is 5.11 Å². The van der Waals surface area contributed by atoms with Crippen molar-refractivity contribution in [2.45, 2.75) is 13.8 Å². The van der Waals surface area contributed by atoms with Crippen molar-refractivity contribution in [3.05, 3.63) is 45.7 Å². The molecule has 3 aromatic rings. The van der Waals surface area contributed by atoms with Crippen LogP contribution in [-0.2, 0) is 0 Å². The Morgan fingerprint density at radius 1 is 1.45 bits per heavy atom. The molecular weight excluding hydrogens is 296 g/mol. The number of rotatable bonds is 2. The smallest absolute Gasteiger partial charge is 0.146 e. The number of aryl methyl sites for hydroxylation is 2. The van der Waals surface area contributed by atoms with E-state index in [4.69, 9.17) is 11.6 Å². The summed E-state index contributed by atoms with van der Waals surface area (Å²) in [5.74, 6) is -1.25. The number of carbonyl (C=O) groups excluding carboxylic acids is 1. The number of aromatic nitrogens is 2. The van der Waals surface area contributed by atoms with Gasteiger partial charge in [0, 0.05) is 23.1 Å². The molecule has 4 nitrogen and oxygen atoms in total. The Morgan fingerprint density at radius 3 is 2.80 bits per heavy atom. The predicted molar refractivity (Wildman–Crippen MR) is 77.3 cm³/mol. The third-order valence-electron chi connectivity index (χ3n) is 3.13. The highest BCUT2D eigenvalue weighted by Gasteiger charge is 2.18. The van der Waals surface area contributed by atoms with Crippen LogP contribution in [0.25, 0.3) is 16.1 Å². The van der Waals surface area contributed by atoms with Crippen LogP contribution in [0.2, 0.25) is 5.02 Å². The van der Waals surface area contributed by atoms with Crippen LogP contribution in [0.5, 0.6) is 0 Å². The summed E-state index contributed by atoms with van der Waals surface area (Å²) in [6, 6.07) is 3.64. The molecule has 20 heavy (non-hydrogen) atoms. The van der Waals surface area contributed by atoms with E-state index in [9.17, 15) is 9.90 Å². The summed E-state index contributed by atoms with van der Waals surface area (Å²) >= 11 is 7.51. The van der Waals surface area contributed by atoms with Gasteiger partial charge in [-0.25, -0.2) is 4.98 Å². The van der Waals surface area contributed by atoms with Gasteiger partial charge in [0.25, 0.3) is 0 Å².